The lowest BCUT2D eigenvalue weighted by molar-refractivity contribution is 0.206. The van der Waals surface area contributed by atoms with Crippen LogP contribution < -0.4 is 0 Å². The molecule has 0 aromatic rings. The van der Waals surface area contributed by atoms with Crippen LogP contribution in [0.2, 0.25) is 0 Å². The highest BCUT2D eigenvalue weighted by Gasteiger charge is 2.26. The predicted molar refractivity (Wildman–Crippen MR) is 90.8 cm³/mol. The van der Waals surface area contributed by atoms with Crippen molar-refractivity contribution < 1.29 is 4.74 Å². The largest absolute Gasteiger partial charge is 0.466 e. The van der Waals surface area contributed by atoms with Crippen LogP contribution >= 0.6 is 0 Å². The monoisotopic (exact) mass is 290 g/mol. The van der Waals surface area contributed by atoms with Gasteiger partial charge in [-0.05, 0) is 74.3 Å². The molecule has 0 aromatic carbocycles. The maximum atomic E-state index is 6.37. The van der Waals surface area contributed by atoms with Gasteiger partial charge in [0.2, 0.25) is 0 Å². The van der Waals surface area contributed by atoms with E-state index in [1.807, 2.05) is 0 Å². The molecule has 0 aromatic heterocycles. The summed E-state index contributed by atoms with van der Waals surface area (Å²) < 4.78 is 6.37. The van der Waals surface area contributed by atoms with Crippen LogP contribution in [0.1, 0.15) is 80.1 Å². The summed E-state index contributed by atoms with van der Waals surface area (Å²) in [5, 5.41) is 0. The summed E-state index contributed by atoms with van der Waals surface area (Å²) in [7, 11) is 0. The Morgan fingerprint density at radius 2 is 1.14 bits per heavy atom. The molecule has 120 valence electrons. The van der Waals surface area contributed by atoms with Crippen LogP contribution in [0.25, 0.3) is 0 Å². The van der Waals surface area contributed by atoms with Crippen molar-refractivity contribution in [3.63, 3.8) is 0 Å². The van der Waals surface area contributed by atoms with Gasteiger partial charge in [0, 0.05) is 12.8 Å². The van der Waals surface area contributed by atoms with E-state index in [-0.39, 0.29) is 0 Å². The van der Waals surface area contributed by atoms with E-state index in [4.69, 9.17) is 4.74 Å². The smallest absolute Gasteiger partial charge is 0.102 e. The van der Waals surface area contributed by atoms with E-state index in [9.17, 15) is 0 Å². The summed E-state index contributed by atoms with van der Waals surface area (Å²) >= 11 is 0. The van der Waals surface area contributed by atoms with E-state index >= 15 is 0 Å². The normalized spacial score (nSPS) is 27.8. The average Bonchev–Trinajstić information content (AvgIpc) is 2.42. The molecule has 0 amide bonds. The second-order valence-corrected chi connectivity index (χ2v) is 8.00. The van der Waals surface area contributed by atoms with E-state index < -0.39 is 0 Å². The summed E-state index contributed by atoms with van der Waals surface area (Å²) in [5.41, 5.74) is 2.98. The first kappa shape index (κ1) is 16.6. The summed E-state index contributed by atoms with van der Waals surface area (Å²) in [6, 6.07) is 0. The van der Waals surface area contributed by atoms with Crippen molar-refractivity contribution in [2.24, 2.45) is 23.7 Å². The first-order valence-corrected chi connectivity index (χ1v) is 8.93. The first-order valence-electron chi connectivity index (χ1n) is 8.93. The highest BCUT2D eigenvalue weighted by molar-refractivity contribution is 5.18. The molecule has 0 bridgehead atoms. The number of hydrogen-bond donors (Lipinski definition) is 0. The number of rotatable bonds is 4. The number of hydrogen-bond acceptors (Lipinski definition) is 1. The van der Waals surface area contributed by atoms with Crippen molar-refractivity contribution in [1.29, 1.82) is 0 Å². The summed E-state index contributed by atoms with van der Waals surface area (Å²) in [6.45, 7) is 14.0. The molecule has 2 aliphatic carbocycles. The Morgan fingerprint density at radius 3 is 1.43 bits per heavy atom. The maximum absolute atomic E-state index is 6.37. The SMILES string of the molecule is CC1=C(OC2=C(C)CC(C(C)C)CC2)CCC(C(C)C)C1. The highest BCUT2D eigenvalue weighted by atomic mass is 16.5. The average molecular weight is 290 g/mol. The third kappa shape index (κ3) is 4.14. The van der Waals surface area contributed by atoms with Gasteiger partial charge >= 0.3 is 0 Å². The van der Waals surface area contributed by atoms with Crippen molar-refractivity contribution in [1.82, 2.24) is 0 Å². The maximum Gasteiger partial charge on any atom is 0.102 e. The molecule has 1 nitrogen and oxygen atoms in total. The molecule has 0 saturated heterocycles. The van der Waals surface area contributed by atoms with Gasteiger partial charge in [-0.25, -0.2) is 0 Å². The molecule has 0 radical (unpaired) electrons. The second-order valence-electron chi connectivity index (χ2n) is 8.00. The Kier molecular flexibility index (Phi) is 5.57. The molecule has 2 aliphatic rings. The zero-order chi connectivity index (χ0) is 15.6. The number of ether oxygens (including phenoxy) is 1. The van der Waals surface area contributed by atoms with Gasteiger partial charge in [-0.15, -0.1) is 0 Å². The fourth-order valence-corrected chi connectivity index (χ4v) is 3.84. The summed E-state index contributed by atoms with van der Waals surface area (Å²) in [4.78, 5) is 0. The number of allylic oxidation sites excluding steroid dienone is 4. The molecule has 0 heterocycles. The molecule has 21 heavy (non-hydrogen) atoms. The minimum Gasteiger partial charge on any atom is -0.466 e. The van der Waals surface area contributed by atoms with E-state index in [1.165, 1.54) is 48.3 Å². The van der Waals surface area contributed by atoms with Crippen LogP contribution in [0.15, 0.2) is 22.7 Å². The van der Waals surface area contributed by atoms with Gasteiger partial charge < -0.3 is 4.74 Å². The van der Waals surface area contributed by atoms with Crippen LogP contribution in [0.5, 0.6) is 0 Å². The first-order chi connectivity index (χ1) is 9.88. The van der Waals surface area contributed by atoms with Gasteiger partial charge in [0.05, 0.1) is 0 Å². The molecule has 0 aliphatic heterocycles. The Balaban J connectivity index is 2.02. The Morgan fingerprint density at radius 1 is 0.762 bits per heavy atom. The van der Waals surface area contributed by atoms with Crippen LogP contribution in [0.4, 0.5) is 0 Å². The van der Waals surface area contributed by atoms with Crippen molar-refractivity contribution in [2.75, 3.05) is 0 Å². The highest BCUT2D eigenvalue weighted by Crippen LogP contribution is 2.39. The van der Waals surface area contributed by atoms with Gasteiger partial charge in [0.15, 0.2) is 0 Å². The lowest BCUT2D eigenvalue weighted by Crippen LogP contribution is -2.18. The van der Waals surface area contributed by atoms with E-state index in [0.717, 1.165) is 36.5 Å². The van der Waals surface area contributed by atoms with Crippen molar-refractivity contribution in [2.45, 2.75) is 80.1 Å². The minimum absolute atomic E-state index is 0.795. The topological polar surface area (TPSA) is 9.23 Å². The van der Waals surface area contributed by atoms with Gasteiger partial charge in [0.25, 0.3) is 0 Å². The van der Waals surface area contributed by atoms with Crippen molar-refractivity contribution in [3.05, 3.63) is 22.7 Å². The van der Waals surface area contributed by atoms with Crippen LogP contribution in [-0.2, 0) is 4.74 Å². The van der Waals surface area contributed by atoms with E-state index in [0.29, 0.717) is 0 Å². The molecule has 1 heteroatoms. The third-order valence-electron chi connectivity index (χ3n) is 5.71. The summed E-state index contributed by atoms with van der Waals surface area (Å²) in [5.74, 6) is 5.86. The third-order valence-corrected chi connectivity index (χ3v) is 5.71. The Hall–Kier alpha value is -0.720. The van der Waals surface area contributed by atoms with E-state index in [1.54, 1.807) is 0 Å². The lowest BCUT2D eigenvalue weighted by atomic mass is 9.80. The second kappa shape index (κ2) is 7.03. The van der Waals surface area contributed by atoms with E-state index in [2.05, 4.69) is 41.5 Å². The lowest BCUT2D eigenvalue weighted by Gasteiger charge is -2.32. The standard InChI is InChI=1S/C20H34O/c1-13(2)17-7-9-19(15(5)11-17)21-20-10-8-18(14(3)4)12-16(20)6/h13-14,17-18H,7-12H2,1-6H3. The molecule has 0 saturated carbocycles. The zero-order valence-electron chi connectivity index (χ0n) is 15.0. The van der Waals surface area contributed by atoms with Gasteiger partial charge in [-0.1, -0.05) is 27.7 Å². The Bertz CT molecular complexity index is 385. The summed E-state index contributed by atoms with van der Waals surface area (Å²) in [6.07, 6.45) is 7.33. The molecule has 0 spiro atoms. The fourth-order valence-electron chi connectivity index (χ4n) is 3.84. The minimum atomic E-state index is 0.795. The molecule has 2 atom stereocenters. The molecular weight excluding hydrogens is 256 g/mol. The van der Waals surface area contributed by atoms with Gasteiger partial charge in [0.1, 0.15) is 11.5 Å². The Labute approximate surface area is 131 Å². The fraction of sp³-hybridized carbons (Fsp3) is 0.800. The van der Waals surface area contributed by atoms with Crippen LogP contribution in [-0.4, -0.2) is 0 Å². The molecule has 0 N–H and O–H groups in total. The molecule has 2 unspecified atom stereocenters. The molecular formula is C20H34O. The molecule has 0 fully saturated rings. The van der Waals surface area contributed by atoms with Gasteiger partial charge in [-0.3, -0.25) is 0 Å². The zero-order valence-corrected chi connectivity index (χ0v) is 15.0. The molecule has 2 rings (SSSR count). The van der Waals surface area contributed by atoms with Crippen LogP contribution in [0.3, 0.4) is 0 Å². The predicted octanol–water partition coefficient (Wildman–Crippen LogP) is 6.46. The van der Waals surface area contributed by atoms with Crippen LogP contribution in [0, 0.1) is 23.7 Å². The quantitative estimate of drug-likeness (QED) is 0.577. The van der Waals surface area contributed by atoms with Gasteiger partial charge in [-0.2, -0.15) is 0 Å². The van der Waals surface area contributed by atoms with Crippen molar-refractivity contribution >= 4 is 0 Å². The van der Waals surface area contributed by atoms with Crippen molar-refractivity contribution in [3.8, 4) is 0 Å².